The minimum Gasteiger partial charge on any atom is -0.380 e. The zero-order valence-electron chi connectivity index (χ0n) is 10.8. The zero-order valence-corrected chi connectivity index (χ0v) is 11.6. The van der Waals surface area contributed by atoms with Crippen molar-refractivity contribution in [3.8, 4) is 0 Å². The molecule has 0 unspecified atom stereocenters. The molecule has 1 aromatic carbocycles. The summed E-state index contributed by atoms with van der Waals surface area (Å²) in [5, 5.41) is -0.144. The van der Waals surface area contributed by atoms with Crippen LogP contribution in [-0.4, -0.2) is 42.5 Å². The van der Waals surface area contributed by atoms with Gasteiger partial charge in [0.2, 0.25) is 5.91 Å². The molecule has 0 saturated carbocycles. The number of nitrogens with two attached hydrogens (primary N) is 1. The van der Waals surface area contributed by atoms with E-state index in [9.17, 15) is 14.0 Å². The molecule has 2 N–H and O–H groups in total. The number of amides is 2. The second kappa shape index (κ2) is 5.76. The summed E-state index contributed by atoms with van der Waals surface area (Å²) in [5.74, 6) is -1.62. The number of rotatable bonds is 3. The Kier molecular flexibility index (Phi) is 4.25. The molecule has 108 valence electrons. The fraction of sp³-hybridized carbons (Fsp3) is 0.385. The molecular formula is C13H14ClFN2O3. The SMILES string of the molecule is CO[C@H]1C[C@@H](C(N)=O)N(C(=O)c2ccc(F)c(Cl)c2)C1. The van der Waals surface area contributed by atoms with Crippen LogP contribution in [-0.2, 0) is 9.53 Å². The summed E-state index contributed by atoms with van der Waals surface area (Å²) in [7, 11) is 1.51. The van der Waals surface area contributed by atoms with Gasteiger partial charge in [-0.15, -0.1) is 0 Å². The van der Waals surface area contributed by atoms with E-state index in [2.05, 4.69) is 0 Å². The molecule has 5 nitrogen and oxygen atoms in total. The van der Waals surface area contributed by atoms with Crippen molar-refractivity contribution in [2.45, 2.75) is 18.6 Å². The molecule has 7 heteroatoms. The standard InChI is InChI=1S/C13H14ClFN2O3/c1-20-8-5-11(12(16)18)17(6-8)13(19)7-2-3-10(15)9(14)4-7/h2-4,8,11H,5-6H2,1H3,(H2,16,18)/t8-,11-/m0/s1. The number of carbonyl (C=O) groups is 2. The first kappa shape index (κ1) is 14.7. The predicted octanol–water partition coefficient (Wildman–Crippen LogP) is 1.19. The highest BCUT2D eigenvalue weighted by atomic mass is 35.5. The maximum absolute atomic E-state index is 13.1. The van der Waals surface area contributed by atoms with E-state index in [4.69, 9.17) is 22.1 Å². The number of nitrogens with zero attached hydrogens (tertiary/aromatic N) is 1. The van der Waals surface area contributed by atoms with Gasteiger partial charge in [0.15, 0.2) is 0 Å². The fourth-order valence-corrected chi connectivity index (χ4v) is 2.44. The van der Waals surface area contributed by atoms with E-state index in [1.807, 2.05) is 0 Å². The van der Waals surface area contributed by atoms with Gasteiger partial charge in [-0.25, -0.2) is 4.39 Å². The molecule has 0 aliphatic carbocycles. The average molecular weight is 301 g/mol. The Morgan fingerprint density at radius 3 is 2.75 bits per heavy atom. The van der Waals surface area contributed by atoms with Crippen molar-refractivity contribution in [2.75, 3.05) is 13.7 Å². The van der Waals surface area contributed by atoms with Crippen molar-refractivity contribution in [1.82, 2.24) is 4.90 Å². The van der Waals surface area contributed by atoms with Crippen LogP contribution >= 0.6 is 11.6 Å². The molecule has 1 aliphatic heterocycles. The Morgan fingerprint density at radius 2 is 2.20 bits per heavy atom. The Bertz CT molecular complexity index is 552. The third-order valence-corrected chi connectivity index (χ3v) is 3.64. The monoisotopic (exact) mass is 300 g/mol. The molecule has 0 bridgehead atoms. The number of likely N-dealkylation sites (tertiary alicyclic amines) is 1. The van der Waals surface area contributed by atoms with Crippen molar-refractivity contribution < 1.29 is 18.7 Å². The van der Waals surface area contributed by atoms with E-state index in [0.717, 1.165) is 6.07 Å². The van der Waals surface area contributed by atoms with E-state index in [-0.39, 0.29) is 23.2 Å². The molecule has 20 heavy (non-hydrogen) atoms. The third-order valence-electron chi connectivity index (χ3n) is 3.35. The van der Waals surface area contributed by atoms with E-state index in [1.54, 1.807) is 0 Å². The van der Waals surface area contributed by atoms with Crippen LogP contribution in [0.5, 0.6) is 0 Å². The van der Waals surface area contributed by atoms with Gasteiger partial charge in [-0.1, -0.05) is 11.6 Å². The normalized spacial score (nSPS) is 22.1. The van der Waals surface area contributed by atoms with E-state index in [0.29, 0.717) is 6.42 Å². The van der Waals surface area contributed by atoms with E-state index in [1.165, 1.54) is 24.1 Å². The lowest BCUT2D eigenvalue weighted by Gasteiger charge is -2.22. The molecular weight excluding hydrogens is 287 g/mol. The summed E-state index contributed by atoms with van der Waals surface area (Å²) in [6.07, 6.45) is 0.110. The molecule has 2 amide bonds. The number of methoxy groups -OCH3 is 1. The van der Waals surface area contributed by atoms with Gasteiger partial charge in [-0.3, -0.25) is 9.59 Å². The van der Waals surface area contributed by atoms with Crippen molar-refractivity contribution >= 4 is 23.4 Å². The third kappa shape index (κ3) is 2.76. The summed E-state index contributed by atoms with van der Waals surface area (Å²) in [6, 6.07) is 2.94. The molecule has 1 aliphatic rings. The molecule has 2 rings (SSSR count). The first-order valence-electron chi connectivity index (χ1n) is 6.02. The highest BCUT2D eigenvalue weighted by Crippen LogP contribution is 2.24. The smallest absolute Gasteiger partial charge is 0.254 e. The van der Waals surface area contributed by atoms with Crippen LogP contribution in [0.25, 0.3) is 0 Å². The van der Waals surface area contributed by atoms with Gasteiger partial charge in [0.1, 0.15) is 11.9 Å². The van der Waals surface area contributed by atoms with E-state index < -0.39 is 23.7 Å². The first-order valence-corrected chi connectivity index (χ1v) is 6.40. The van der Waals surface area contributed by atoms with Crippen LogP contribution in [0.4, 0.5) is 4.39 Å². The number of hydrogen-bond donors (Lipinski definition) is 1. The molecule has 1 fully saturated rings. The van der Waals surface area contributed by atoms with Crippen LogP contribution < -0.4 is 5.73 Å². The highest BCUT2D eigenvalue weighted by molar-refractivity contribution is 6.31. The molecule has 1 saturated heterocycles. The number of hydrogen-bond acceptors (Lipinski definition) is 3. The highest BCUT2D eigenvalue weighted by Gasteiger charge is 2.39. The lowest BCUT2D eigenvalue weighted by molar-refractivity contribution is -0.121. The number of carbonyl (C=O) groups excluding carboxylic acids is 2. The van der Waals surface area contributed by atoms with Crippen LogP contribution in [0.2, 0.25) is 5.02 Å². The van der Waals surface area contributed by atoms with Gasteiger partial charge in [-0.05, 0) is 18.2 Å². The van der Waals surface area contributed by atoms with Gasteiger partial charge in [0.05, 0.1) is 11.1 Å². The molecule has 0 spiro atoms. The van der Waals surface area contributed by atoms with Crippen LogP contribution in [0.15, 0.2) is 18.2 Å². The predicted molar refractivity (Wildman–Crippen MR) is 70.8 cm³/mol. The van der Waals surface area contributed by atoms with Gasteiger partial charge in [-0.2, -0.15) is 0 Å². The van der Waals surface area contributed by atoms with Gasteiger partial charge in [0, 0.05) is 25.6 Å². The summed E-state index contributed by atoms with van der Waals surface area (Å²) < 4.78 is 18.3. The van der Waals surface area contributed by atoms with Gasteiger partial charge in [0.25, 0.3) is 5.91 Å². The summed E-state index contributed by atoms with van der Waals surface area (Å²) in [6.45, 7) is 0.262. The van der Waals surface area contributed by atoms with Crippen LogP contribution in [0, 0.1) is 5.82 Å². The largest absolute Gasteiger partial charge is 0.380 e. The van der Waals surface area contributed by atoms with Crippen molar-refractivity contribution in [1.29, 1.82) is 0 Å². The molecule has 1 heterocycles. The second-order valence-corrected chi connectivity index (χ2v) is 5.01. The summed E-state index contributed by atoms with van der Waals surface area (Å²) in [5.41, 5.74) is 5.51. The number of halogens is 2. The van der Waals surface area contributed by atoms with Gasteiger partial charge < -0.3 is 15.4 Å². The fourth-order valence-electron chi connectivity index (χ4n) is 2.26. The molecule has 2 atom stereocenters. The van der Waals surface area contributed by atoms with Crippen LogP contribution in [0.1, 0.15) is 16.8 Å². The number of primary amides is 1. The summed E-state index contributed by atoms with van der Waals surface area (Å²) >= 11 is 5.66. The number of ether oxygens (including phenoxy) is 1. The lowest BCUT2D eigenvalue weighted by Crippen LogP contribution is -2.43. The quantitative estimate of drug-likeness (QED) is 0.911. The molecule has 0 radical (unpaired) electrons. The van der Waals surface area contributed by atoms with Crippen molar-refractivity contribution in [3.05, 3.63) is 34.6 Å². The molecule has 1 aromatic rings. The van der Waals surface area contributed by atoms with Gasteiger partial charge >= 0.3 is 0 Å². The molecule has 0 aromatic heterocycles. The Hall–Kier alpha value is -1.66. The second-order valence-electron chi connectivity index (χ2n) is 4.60. The van der Waals surface area contributed by atoms with Crippen LogP contribution in [0.3, 0.4) is 0 Å². The minimum atomic E-state index is -0.726. The van der Waals surface area contributed by atoms with E-state index >= 15 is 0 Å². The average Bonchev–Trinajstić information content (AvgIpc) is 2.85. The number of benzene rings is 1. The maximum Gasteiger partial charge on any atom is 0.254 e. The van der Waals surface area contributed by atoms with Crippen molar-refractivity contribution in [2.24, 2.45) is 5.73 Å². The topological polar surface area (TPSA) is 72.6 Å². The first-order chi connectivity index (χ1) is 9.43. The Balaban J connectivity index is 2.26. The lowest BCUT2D eigenvalue weighted by atomic mass is 10.1. The maximum atomic E-state index is 13.1. The summed E-state index contributed by atoms with van der Waals surface area (Å²) in [4.78, 5) is 25.1. The minimum absolute atomic E-state index is 0.144. The Labute approximate surface area is 120 Å². The zero-order chi connectivity index (χ0) is 14.9. The van der Waals surface area contributed by atoms with Crippen molar-refractivity contribution in [3.63, 3.8) is 0 Å². The Morgan fingerprint density at radius 1 is 1.50 bits per heavy atom.